The molecule has 0 saturated carbocycles. The number of hydrogen-bond acceptors (Lipinski definition) is 6. The van der Waals surface area contributed by atoms with Gasteiger partial charge in [-0.1, -0.05) is 0 Å². The molecular weight excluding hydrogens is 440 g/mol. The smallest absolute Gasteiger partial charge is 0.243 e. The monoisotopic (exact) mass is 472 g/mol. The molecule has 0 aromatic heterocycles. The molecular formula is C24H32N4O4S. The average molecular weight is 473 g/mol. The van der Waals surface area contributed by atoms with Crippen molar-refractivity contribution in [1.82, 2.24) is 9.21 Å². The first-order chi connectivity index (χ1) is 15.9. The van der Waals surface area contributed by atoms with E-state index in [2.05, 4.69) is 22.2 Å². The van der Waals surface area contributed by atoms with E-state index in [4.69, 9.17) is 4.74 Å². The van der Waals surface area contributed by atoms with E-state index in [1.165, 1.54) is 4.31 Å². The van der Waals surface area contributed by atoms with Crippen molar-refractivity contribution in [2.45, 2.75) is 17.7 Å². The third kappa shape index (κ3) is 5.48. The molecule has 8 nitrogen and oxygen atoms in total. The van der Waals surface area contributed by atoms with E-state index in [0.717, 1.165) is 37.6 Å². The summed E-state index contributed by atoms with van der Waals surface area (Å²) >= 11 is 0. The summed E-state index contributed by atoms with van der Waals surface area (Å²) in [6.45, 7) is 4.75. The molecule has 0 bridgehead atoms. The molecule has 2 heterocycles. The molecule has 4 rings (SSSR count). The van der Waals surface area contributed by atoms with Crippen molar-refractivity contribution in [3.8, 4) is 5.75 Å². The fourth-order valence-corrected chi connectivity index (χ4v) is 5.79. The first kappa shape index (κ1) is 23.5. The molecule has 2 fully saturated rings. The second kappa shape index (κ2) is 10.1. The lowest BCUT2D eigenvalue weighted by Gasteiger charge is -2.34. The average Bonchev–Trinajstić information content (AvgIpc) is 2.85. The summed E-state index contributed by atoms with van der Waals surface area (Å²) in [7, 11) is 0.101. The van der Waals surface area contributed by atoms with Crippen molar-refractivity contribution in [2.24, 2.45) is 5.92 Å². The van der Waals surface area contributed by atoms with Gasteiger partial charge >= 0.3 is 0 Å². The molecule has 2 saturated heterocycles. The van der Waals surface area contributed by atoms with Gasteiger partial charge < -0.3 is 19.9 Å². The standard InChI is InChI=1S/C24H32N4O4S/c1-26-15-17-27(18-16-26)21-5-3-20(4-6-21)25-24(29)19-11-13-28(14-12-19)33(30,31)23-9-7-22(32-2)8-10-23/h3-10,19H,11-18H2,1-2H3,(H,25,29). The molecule has 0 radical (unpaired) electrons. The summed E-state index contributed by atoms with van der Waals surface area (Å²) in [5.74, 6) is 0.356. The number of carbonyl (C=O) groups is 1. The highest BCUT2D eigenvalue weighted by Crippen LogP contribution is 2.26. The van der Waals surface area contributed by atoms with Crippen LogP contribution in [0, 0.1) is 5.92 Å². The van der Waals surface area contributed by atoms with Crippen LogP contribution < -0.4 is 15.0 Å². The molecule has 1 amide bonds. The fraction of sp³-hybridized carbons (Fsp3) is 0.458. The Hall–Kier alpha value is -2.62. The van der Waals surface area contributed by atoms with Crippen molar-refractivity contribution in [2.75, 3.05) is 63.6 Å². The molecule has 2 aromatic rings. The molecule has 1 N–H and O–H groups in total. The maximum atomic E-state index is 12.9. The highest BCUT2D eigenvalue weighted by Gasteiger charge is 2.32. The van der Waals surface area contributed by atoms with Gasteiger partial charge in [0.25, 0.3) is 0 Å². The van der Waals surface area contributed by atoms with Crippen LogP contribution in [-0.2, 0) is 14.8 Å². The second-order valence-corrected chi connectivity index (χ2v) is 10.6. The van der Waals surface area contributed by atoms with E-state index in [0.29, 0.717) is 31.7 Å². The molecule has 33 heavy (non-hydrogen) atoms. The number of hydrogen-bond donors (Lipinski definition) is 1. The Morgan fingerprint density at radius 2 is 1.52 bits per heavy atom. The number of rotatable bonds is 6. The van der Waals surface area contributed by atoms with Gasteiger partial charge in [-0.05, 0) is 68.4 Å². The van der Waals surface area contributed by atoms with Crippen LogP contribution in [0.2, 0.25) is 0 Å². The van der Waals surface area contributed by atoms with E-state index in [1.54, 1.807) is 31.4 Å². The highest BCUT2D eigenvalue weighted by molar-refractivity contribution is 7.89. The van der Waals surface area contributed by atoms with Gasteiger partial charge in [0, 0.05) is 56.6 Å². The summed E-state index contributed by atoms with van der Waals surface area (Å²) in [6.07, 6.45) is 1.00. The van der Waals surface area contributed by atoms with Crippen LogP contribution in [0.5, 0.6) is 5.75 Å². The van der Waals surface area contributed by atoms with Gasteiger partial charge in [-0.25, -0.2) is 8.42 Å². The Bertz CT molecular complexity index is 1040. The summed E-state index contributed by atoms with van der Waals surface area (Å²) in [5, 5.41) is 3.00. The Kier molecular flexibility index (Phi) is 7.21. The second-order valence-electron chi connectivity index (χ2n) is 8.68. The van der Waals surface area contributed by atoms with Crippen LogP contribution in [-0.4, -0.2) is 77.0 Å². The lowest BCUT2D eigenvalue weighted by molar-refractivity contribution is -0.120. The molecule has 2 aliphatic heterocycles. The zero-order valence-corrected chi connectivity index (χ0v) is 20.1. The van der Waals surface area contributed by atoms with Crippen LogP contribution >= 0.6 is 0 Å². The number of piperazine rings is 1. The number of amides is 1. The van der Waals surface area contributed by atoms with E-state index in [9.17, 15) is 13.2 Å². The zero-order chi connectivity index (χ0) is 23.4. The minimum atomic E-state index is -3.58. The van der Waals surface area contributed by atoms with Crippen molar-refractivity contribution in [3.63, 3.8) is 0 Å². The number of sulfonamides is 1. The number of methoxy groups -OCH3 is 1. The van der Waals surface area contributed by atoms with Gasteiger partial charge in [0.1, 0.15) is 5.75 Å². The number of likely N-dealkylation sites (N-methyl/N-ethyl adjacent to an activating group) is 1. The van der Waals surface area contributed by atoms with E-state index in [-0.39, 0.29) is 16.7 Å². The number of piperidine rings is 1. The van der Waals surface area contributed by atoms with Crippen molar-refractivity contribution in [3.05, 3.63) is 48.5 Å². The normalized spacial score (nSPS) is 18.8. The van der Waals surface area contributed by atoms with Gasteiger partial charge in [0.05, 0.1) is 12.0 Å². The number of nitrogens with one attached hydrogen (secondary N) is 1. The lowest BCUT2D eigenvalue weighted by Crippen LogP contribution is -2.44. The van der Waals surface area contributed by atoms with Crippen LogP contribution in [0.15, 0.2) is 53.4 Å². The largest absolute Gasteiger partial charge is 0.497 e. The number of nitrogens with zero attached hydrogens (tertiary/aromatic N) is 3. The summed E-state index contributed by atoms with van der Waals surface area (Å²) in [6, 6.07) is 14.4. The number of anilines is 2. The molecule has 2 aliphatic rings. The molecule has 178 valence electrons. The lowest BCUT2D eigenvalue weighted by atomic mass is 9.97. The quantitative estimate of drug-likeness (QED) is 0.696. The SMILES string of the molecule is COc1ccc(S(=O)(=O)N2CCC(C(=O)Nc3ccc(N4CCN(C)CC4)cc3)CC2)cc1. The van der Waals surface area contributed by atoms with Gasteiger partial charge in [-0.3, -0.25) is 4.79 Å². The predicted octanol–water partition coefficient (Wildman–Crippen LogP) is 2.49. The molecule has 9 heteroatoms. The van der Waals surface area contributed by atoms with Crippen molar-refractivity contribution in [1.29, 1.82) is 0 Å². The molecule has 0 unspecified atom stereocenters. The minimum absolute atomic E-state index is 0.0520. The molecule has 0 aliphatic carbocycles. The van der Waals surface area contributed by atoms with Gasteiger partial charge in [-0.15, -0.1) is 0 Å². The predicted molar refractivity (Wildman–Crippen MR) is 129 cm³/mol. The summed E-state index contributed by atoms with van der Waals surface area (Å²) in [5.41, 5.74) is 1.93. The third-order valence-electron chi connectivity index (χ3n) is 6.53. The highest BCUT2D eigenvalue weighted by atomic mass is 32.2. The number of carbonyl (C=O) groups excluding carboxylic acids is 1. The van der Waals surface area contributed by atoms with Gasteiger partial charge in [0.15, 0.2) is 0 Å². The molecule has 2 aromatic carbocycles. The zero-order valence-electron chi connectivity index (χ0n) is 19.2. The van der Waals surface area contributed by atoms with Gasteiger partial charge in [0.2, 0.25) is 15.9 Å². The summed E-state index contributed by atoms with van der Waals surface area (Å²) < 4.78 is 32.4. The molecule has 0 atom stereocenters. The third-order valence-corrected chi connectivity index (χ3v) is 8.44. The fourth-order valence-electron chi connectivity index (χ4n) is 4.32. The minimum Gasteiger partial charge on any atom is -0.497 e. The first-order valence-corrected chi connectivity index (χ1v) is 12.8. The van der Waals surface area contributed by atoms with Crippen molar-refractivity contribution < 1.29 is 17.9 Å². The van der Waals surface area contributed by atoms with Crippen LogP contribution in [0.4, 0.5) is 11.4 Å². The van der Waals surface area contributed by atoms with Crippen molar-refractivity contribution >= 4 is 27.3 Å². The first-order valence-electron chi connectivity index (χ1n) is 11.4. The Balaban J connectivity index is 1.30. The molecule has 0 spiro atoms. The van der Waals surface area contributed by atoms with Crippen LogP contribution in [0.25, 0.3) is 0 Å². The van der Waals surface area contributed by atoms with Crippen LogP contribution in [0.1, 0.15) is 12.8 Å². The number of ether oxygens (including phenoxy) is 1. The van der Waals surface area contributed by atoms with E-state index >= 15 is 0 Å². The Morgan fingerprint density at radius 3 is 2.09 bits per heavy atom. The van der Waals surface area contributed by atoms with Crippen LogP contribution in [0.3, 0.4) is 0 Å². The van der Waals surface area contributed by atoms with E-state index < -0.39 is 10.0 Å². The maximum absolute atomic E-state index is 12.9. The van der Waals surface area contributed by atoms with E-state index in [1.807, 2.05) is 24.3 Å². The Labute approximate surface area is 196 Å². The number of benzene rings is 2. The van der Waals surface area contributed by atoms with Gasteiger partial charge in [-0.2, -0.15) is 4.31 Å². The summed E-state index contributed by atoms with van der Waals surface area (Å²) in [4.78, 5) is 17.7. The maximum Gasteiger partial charge on any atom is 0.243 e. The topological polar surface area (TPSA) is 82.2 Å². The Morgan fingerprint density at radius 1 is 0.909 bits per heavy atom.